The first-order valence-corrected chi connectivity index (χ1v) is 9.04. The minimum absolute atomic E-state index is 0.343. The Bertz CT molecular complexity index is 695. The molecule has 2 aliphatic heterocycles. The molecule has 0 aromatic carbocycles. The molecule has 1 spiro atoms. The number of rotatable bonds is 6. The second-order valence-corrected chi connectivity index (χ2v) is 7.73. The molecule has 4 rings (SSSR count). The fourth-order valence-electron chi connectivity index (χ4n) is 4.33. The second kappa shape index (κ2) is 6.86. The highest BCUT2D eigenvalue weighted by atomic mass is 16.5. The topological polar surface area (TPSA) is 57.3 Å². The summed E-state index contributed by atoms with van der Waals surface area (Å²) in [6.07, 6.45) is 4.87. The van der Waals surface area contributed by atoms with Gasteiger partial charge in [0.25, 0.3) is 0 Å². The first-order chi connectivity index (χ1) is 12.1. The molecular weight excluding hydrogens is 314 g/mol. The molecule has 1 N–H and O–H groups in total. The normalized spacial score (nSPS) is 23.2. The predicted molar refractivity (Wildman–Crippen MR) is 96.0 cm³/mol. The van der Waals surface area contributed by atoms with Gasteiger partial charge in [-0.3, -0.25) is 19.9 Å². The molecule has 25 heavy (non-hydrogen) atoms. The molecule has 0 saturated carbocycles. The largest absolute Gasteiger partial charge is 0.376 e. The Labute approximate surface area is 149 Å². The van der Waals surface area contributed by atoms with Crippen LogP contribution in [-0.4, -0.2) is 63.8 Å². The van der Waals surface area contributed by atoms with Gasteiger partial charge in [-0.05, 0) is 50.1 Å². The third-order valence-corrected chi connectivity index (χ3v) is 5.56. The van der Waals surface area contributed by atoms with Gasteiger partial charge in [0, 0.05) is 49.8 Å². The van der Waals surface area contributed by atoms with Gasteiger partial charge in [-0.2, -0.15) is 5.10 Å². The van der Waals surface area contributed by atoms with Crippen LogP contribution in [0.15, 0.2) is 30.6 Å². The molecular formula is C19H27N5O. The summed E-state index contributed by atoms with van der Waals surface area (Å²) in [4.78, 5) is 9.08. The van der Waals surface area contributed by atoms with Gasteiger partial charge >= 0.3 is 0 Å². The highest BCUT2D eigenvalue weighted by Crippen LogP contribution is 2.39. The zero-order valence-electron chi connectivity index (χ0n) is 15.1. The molecule has 6 heteroatoms. The van der Waals surface area contributed by atoms with E-state index in [0.29, 0.717) is 18.1 Å². The molecule has 2 aromatic heterocycles. The standard InChI is InChI=1S/C19H27N5O/c1-15-7-18(22-21-15)10-24-13-19(14-24)8-17(9-23(19)2)12-25-11-16-3-5-20-6-4-16/h3-7,17H,8-14H2,1-2H3,(H,21,22)/t17-/m0/s1. The van der Waals surface area contributed by atoms with E-state index in [9.17, 15) is 0 Å². The maximum absolute atomic E-state index is 5.96. The molecule has 0 bridgehead atoms. The van der Waals surface area contributed by atoms with Crippen molar-refractivity contribution in [2.24, 2.45) is 5.92 Å². The van der Waals surface area contributed by atoms with Crippen LogP contribution in [0.2, 0.25) is 0 Å². The van der Waals surface area contributed by atoms with Crippen molar-refractivity contribution in [3.05, 3.63) is 47.5 Å². The number of likely N-dealkylation sites (N-methyl/N-ethyl adjacent to an activating group) is 1. The van der Waals surface area contributed by atoms with Crippen LogP contribution in [0, 0.1) is 12.8 Å². The molecule has 0 aliphatic carbocycles. The lowest BCUT2D eigenvalue weighted by Gasteiger charge is -2.52. The van der Waals surface area contributed by atoms with Gasteiger partial charge in [0.15, 0.2) is 0 Å². The van der Waals surface area contributed by atoms with Crippen LogP contribution < -0.4 is 0 Å². The molecule has 2 saturated heterocycles. The minimum Gasteiger partial charge on any atom is -0.376 e. The Morgan fingerprint density at radius 2 is 2.12 bits per heavy atom. The van der Waals surface area contributed by atoms with Crippen molar-refractivity contribution in [3.63, 3.8) is 0 Å². The Morgan fingerprint density at radius 1 is 1.32 bits per heavy atom. The lowest BCUT2D eigenvalue weighted by Crippen LogP contribution is -2.66. The van der Waals surface area contributed by atoms with Gasteiger partial charge in [-0.15, -0.1) is 0 Å². The average Bonchev–Trinajstić information content (AvgIpc) is 3.12. The number of aryl methyl sites for hydroxylation is 1. The number of aromatic amines is 1. The Balaban J connectivity index is 1.23. The number of nitrogens with one attached hydrogen (secondary N) is 1. The van der Waals surface area contributed by atoms with Crippen LogP contribution >= 0.6 is 0 Å². The lowest BCUT2D eigenvalue weighted by molar-refractivity contribution is -0.0233. The third-order valence-electron chi connectivity index (χ3n) is 5.56. The van der Waals surface area contributed by atoms with Gasteiger partial charge in [-0.1, -0.05) is 0 Å². The summed E-state index contributed by atoms with van der Waals surface area (Å²) < 4.78 is 5.96. The van der Waals surface area contributed by atoms with E-state index in [4.69, 9.17) is 4.74 Å². The van der Waals surface area contributed by atoms with E-state index in [1.807, 2.05) is 24.5 Å². The smallest absolute Gasteiger partial charge is 0.0765 e. The van der Waals surface area contributed by atoms with E-state index in [1.165, 1.54) is 12.0 Å². The molecule has 4 heterocycles. The first-order valence-electron chi connectivity index (χ1n) is 9.04. The number of H-pyrrole nitrogens is 1. The Morgan fingerprint density at radius 3 is 2.84 bits per heavy atom. The number of aromatic nitrogens is 3. The van der Waals surface area contributed by atoms with Crippen molar-refractivity contribution in [1.82, 2.24) is 25.0 Å². The fraction of sp³-hybridized carbons (Fsp3) is 0.579. The number of hydrogen-bond donors (Lipinski definition) is 1. The molecule has 2 fully saturated rings. The zero-order valence-corrected chi connectivity index (χ0v) is 15.1. The number of likely N-dealkylation sites (tertiary alicyclic amines) is 2. The maximum atomic E-state index is 5.96. The molecule has 134 valence electrons. The number of hydrogen-bond acceptors (Lipinski definition) is 5. The molecule has 6 nitrogen and oxygen atoms in total. The van der Waals surface area contributed by atoms with E-state index in [2.05, 4.69) is 45.0 Å². The van der Waals surface area contributed by atoms with Crippen molar-refractivity contribution in [2.75, 3.05) is 33.3 Å². The van der Waals surface area contributed by atoms with Crippen molar-refractivity contribution in [1.29, 1.82) is 0 Å². The van der Waals surface area contributed by atoms with Gasteiger partial charge in [0.1, 0.15) is 0 Å². The van der Waals surface area contributed by atoms with Gasteiger partial charge in [-0.25, -0.2) is 0 Å². The van der Waals surface area contributed by atoms with Crippen LogP contribution in [0.5, 0.6) is 0 Å². The average molecular weight is 341 g/mol. The lowest BCUT2D eigenvalue weighted by atomic mass is 9.84. The summed E-state index contributed by atoms with van der Waals surface area (Å²) in [5.41, 5.74) is 3.82. The van der Waals surface area contributed by atoms with Crippen LogP contribution in [0.25, 0.3) is 0 Å². The fourth-order valence-corrected chi connectivity index (χ4v) is 4.33. The van der Waals surface area contributed by atoms with Crippen molar-refractivity contribution in [3.8, 4) is 0 Å². The molecule has 0 unspecified atom stereocenters. The summed E-state index contributed by atoms with van der Waals surface area (Å²) >= 11 is 0. The summed E-state index contributed by atoms with van der Waals surface area (Å²) in [6, 6.07) is 6.17. The van der Waals surface area contributed by atoms with Crippen molar-refractivity contribution < 1.29 is 4.74 Å². The number of pyridine rings is 1. The molecule has 2 aliphatic rings. The van der Waals surface area contributed by atoms with E-state index in [0.717, 1.165) is 44.2 Å². The van der Waals surface area contributed by atoms with Gasteiger partial charge in [0.05, 0.1) is 18.9 Å². The second-order valence-electron chi connectivity index (χ2n) is 7.73. The summed E-state index contributed by atoms with van der Waals surface area (Å²) in [7, 11) is 2.26. The van der Waals surface area contributed by atoms with E-state index >= 15 is 0 Å². The minimum atomic E-state index is 0.343. The summed E-state index contributed by atoms with van der Waals surface area (Å²) in [6.45, 7) is 7.92. The predicted octanol–water partition coefficient (Wildman–Crippen LogP) is 1.84. The van der Waals surface area contributed by atoms with E-state index in [1.54, 1.807) is 0 Å². The maximum Gasteiger partial charge on any atom is 0.0765 e. The van der Waals surface area contributed by atoms with Crippen molar-refractivity contribution in [2.45, 2.75) is 32.0 Å². The number of ether oxygens (including phenoxy) is 1. The van der Waals surface area contributed by atoms with Crippen LogP contribution in [0.3, 0.4) is 0 Å². The van der Waals surface area contributed by atoms with E-state index in [-0.39, 0.29) is 0 Å². The number of nitrogens with zero attached hydrogens (tertiary/aromatic N) is 4. The van der Waals surface area contributed by atoms with Crippen molar-refractivity contribution >= 4 is 0 Å². The quantitative estimate of drug-likeness (QED) is 0.869. The third kappa shape index (κ3) is 3.61. The van der Waals surface area contributed by atoms with Crippen LogP contribution in [-0.2, 0) is 17.9 Å². The first kappa shape index (κ1) is 16.7. The van der Waals surface area contributed by atoms with E-state index < -0.39 is 0 Å². The highest BCUT2D eigenvalue weighted by molar-refractivity contribution is 5.12. The highest BCUT2D eigenvalue weighted by Gasteiger charge is 2.51. The molecule has 2 aromatic rings. The van der Waals surface area contributed by atoms with Gasteiger partial charge in [0.2, 0.25) is 0 Å². The van der Waals surface area contributed by atoms with Gasteiger partial charge < -0.3 is 4.74 Å². The zero-order chi connectivity index (χ0) is 17.3. The monoisotopic (exact) mass is 341 g/mol. The SMILES string of the molecule is Cc1cc(CN2CC3(C[C@H](COCc4ccncc4)CN3C)C2)n[nH]1. The van der Waals surface area contributed by atoms with Crippen LogP contribution in [0.1, 0.15) is 23.4 Å². The Kier molecular flexibility index (Phi) is 4.58. The summed E-state index contributed by atoms with van der Waals surface area (Å²) in [5.74, 6) is 0.626. The molecule has 0 amide bonds. The Hall–Kier alpha value is -1.76. The summed E-state index contributed by atoms with van der Waals surface area (Å²) in [5, 5.41) is 7.38. The molecule has 1 atom stereocenters. The van der Waals surface area contributed by atoms with Crippen LogP contribution in [0.4, 0.5) is 0 Å². The molecule has 0 radical (unpaired) electrons.